The summed E-state index contributed by atoms with van der Waals surface area (Å²) in [5.41, 5.74) is 3.86. The van der Waals surface area contributed by atoms with Crippen LogP contribution in [-0.4, -0.2) is 206 Å². The fourth-order valence-corrected chi connectivity index (χ4v) is 13.5. The Morgan fingerprint density at radius 3 is 2.20 bits per heavy atom. The van der Waals surface area contributed by atoms with Crippen molar-refractivity contribution in [1.29, 1.82) is 0 Å². The van der Waals surface area contributed by atoms with Crippen LogP contribution in [0.3, 0.4) is 0 Å². The van der Waals surface area contributed by atoms with E-state index in [1.54, 1.807) is 62.3 Å². The molecule has 0 bridgehead atoms. The zero-order valence-electron chi connectivity index (χ0n) is 52.3. The smallest absolute Gasteiger partial charge is 0.410 e. The molecule has 25 heteroatoms. The topological polar surface area (TPSA) is 232 Å². The van der Waals surface area contributed by atoms with Gasteiger partial charge in [0.2, 0.25) is 11.9 Å². The van der Waals surface area contributed by atoms with Gasteiger partial charge in [-0.2, -0.15) is 5.10 Å². The number of H-pyrrole nitrogens is 1. The van der Waals surface area contributed by atoms with E-state index >= 15 is 0 Å². The summed E-state index contributed by atoms with van der Waals surface area (Å²) < 4.78 is 67.3. The number of fused-ring (bicyclic) bond motifs is 3. The maximum Gasteiger partial charge on any atom is 0.410 e. The van der Waals surface area contributed by atoms with Crippen molar-refractivity contribution in [2.24, 2.45) is 0 Å². The van der Waals surface area contributed by atoms with Crippen molar-refractivity contribution in [3.63, 3.8) is 0 Å². The number of amides is 3. The van der Waals surface area contributed by atoms with Gasteiger partial charge in [-0.25, -0.2) is 41.9 Å². The van der Waals surface area contributed by atoms with Gasteiger partial charge in [0, 0.05) is 138 Å². The predicted molar refractivity (Wildman–Crippen MR) is 336 cm³/mol. The molecule has 3 fully saturated rings. The van der Waals surface area contributed by atoms with E-state index in [0.29, 0.717) is 130 Å². The van der Waals surface area contributed by atoms with E-state index in [-0.39, 0.29) is 65.0 Å². The van der Waals surface area contributed by atoms with Crippen molar-refractivity contribution in [1.82, 2.24) is 59.6 Å². The molecule has 3 saturated heterocycles. The molecule has 89 heavy (non-hydrogen) atoms. The maximum absolute atomic E-state index is 14.7. The molecule has 4 aromatic heterocycles. The third kappa shape index (κ3) is 13.6. The van der Waals surface area contributed by atoms with Crippen LogP contribution in [0.1, 0.15) is 96.4 Å². The molecule has 11 rings (SSSR count). The highest BCUT2D eigenvalue weighted by molar-refractivity contribution is 7.92. The zero-order chi connectivity index (χ0) is 63.3. The first-order chi connectivity index (χ1) is 42.2. The highest BCUT2D eigenvalue weighted by atomic mass is 32.2. The summed E-state index contributed by atoms with van der Waals surface area (Å²) in [7, 11) is -3.94. The summed E-state index contributed by atoms with van der Waals surface area (Å²) in [5, 5.41) is 11.2. The molecule has 4 aliphatic rings. The quantitative estimate of drug-likeness (QED) is 0.0995. The van der Waals surface area contributed by atoms with Crippen molar-refractivity contribution in [2.45, 2.75) is 114 Å². The number of ether oxygens (including phenoxy) is 2. The average molecular weight is 1240 g/mol. The SMILES string of the molecule is C[C@@H]1CN(C(=O)c2cnc(N3CCN(CCOc4cc5ncnc(Nc6n[nH]c7ccc(F)cc67)c5cc4S(=O)(=O)C(C)(C)C)CC3)nc2)CCN1C[C@H]1CN(C(=O)OC(C)(C)C)[C@H](C)CN1CC(=O)N1CC(C)(C)c2ncc(Cc3ccc(F)cc3)cc21. The molecule has 0 radical (unpaired) electrons. The van der Waals surface area contributed by atoms with Crippen LogP contribution in [0, 0.1) is 11.6 Å². The second kappa shape index (κ2) is 24.8. The van der Waals surface area contributed by atoms with E-state index in [0.717, 1.165) is 22.5 Å². The Bertz CT molecular complexity index is 3890. The number of benzene rings is 3. The number of nitrogens with one attached hydrogen (secondary N) is 2. The molecule has 3 aromatic carbocycles. The van der Waals surface area contributed by atoms with Crippen LogP contribution >= 0.6 is 0 Å². The van der Waals surface area contributed by atoms with E-state index < -0.39 is 32.1 Å². The molecule has 8 heterocycles. The van der Waals surface area contributed by atoms with E-state index in [9.17, 15) is 31.6 Å². The van der Waals surface area contributed by atoms with Gasteiger partial charge in [0.25, 0.3) is 5.91 Å². The van der Waals surface area contributed by atoms with Gasteiger partial charge in [0.05, 0.1) is 39.3 Å². The van der Waals surface area contributed by atoms with Crippen LogP contribution < -0.4 is 19.9 Å². The van der Waals surface area contributed by atoms with Gasteiger partial charge < -0.3 is 34.4 Å². The molecular weight excluding hydrogens is 1160 g/mol. The van der Waals surface area contributed by atoms with E-state index in [1.807, 2.05) is 49.8 Å². The molecule has 0 saturated carbocycles. The van der Waals surface area contributed by atoms with Crippen molar-refractivity contribution in [3.8, 4) is 5.75 Å². The van der Waals surface area contributed by atoms with Gasteiger partial charge >= 0.3 is 6.09 Å². The Morgan fingerprint density at radius 1 is 0.764 bits per heavy atom. The lowest BCUT2D eigenvalue weighted by Crippen LogP contribution is -2.65. The Kier molecular flexibility index (Phi) is 17.4. The number of halogens is 2. The Hall–Kier alpha value is -8.00. The van der Waals surface area contributed by atoms with Crippen LogP contribution in [-0.2, 0) is 31.2 Å². The number of piperazine rings is 3. The molecule has 0 spiro atoms. The molecule has 3 amide bonds. The number of rotatable bonds is 15. The standard InChI is InChI=1S/C64H79F2N15O7S/c1-40-33-78(22-21-77(40)35-47-36-80(61(84)88-62(3,4)5)41(2)34-79(47)37-55(82)81-38-64(9,10)56-52(81)26-43(30-67-56)25-42-11-13-45(65)14-12-42)59(83)44-31-68-60(69-32-44)76-19-17-75(18-20-76)23-24-87-53-29-51-49(28-54(53)89(85,86)63(6,7)8)57(71-39-70-51)72-58-48-27-46(66)15-16-50(48)73-74-58/h11-16,26-32,39-41,47H,17-25,33-38H2,1-10H3,(H2,70,71,72,73,74)/t40-,41-,47+/m1/s1. The Labute approximate surface area is 517 Å². The number of carbonyl (C=O) groups is 3. The first kappa shape index (κ1) is 62.6. The molecule has 3 atom stereocenters. The summed E-state index contributed by atoms with van der Waals surface area (Å²) >= 11 is 0. The number of pyridine rings is 1. The first-order valence-corrected chi connectivity index (χ1v) is 31.8. The van der Waals surface area contributed by atoms with E-state index in [4.69, 9.17) is 14.5 Å². The van der Waals surface area contributed by atoms with Crippen LogP contribution in [0.4, 0.5) is 36.8 Å². The van der Waals surface area contributed by atoms with Crippen LogP contribution in [0.25, 0.3) is 21.8 Å². The lowest BCUT2D eigenvalue weighted by Gasteiger charge is -2.48. The average Bonchev–Trinajstić information content (AvgIpc) is 1.78. The molecule has 7 aromatic rings. The second-order valence-corrected chi connectivity index (χ2v) is 29.2. The fourth-order valence-electron chi connectivity index (χ4n) is 12.2. The van der Waals surface area contributed by atoms with Gasteiger partial charge in [-0.05, 0) is 115 Å². The number of nitrogens with zero attached hydrogens (tertiary/aromatic N) is 13. The lowest BCUT2D eigenvalue weighted by molar-refractivity contribution is -0.121. The number of hydrogen-bond acceptors (Lipinski definition) is 18. The summed E-state index contributed by atoms with van der Waals surface area (Å²) in [5.74, 6) is 0.341. The predicted octanol–water partition coefficient (Wildman–Crippen LogP) is 7.86. The Balaban J connectivity index is 0.696. The molecule has 22 nitrogen and oxygen atoms in total. The monoisotopic (exact) mass is 1240 g/mol. The van der Waals surface area contributed by atoms with Gasteiger partial charge in [-0.15, -0.1) is 0 Å². The third-order valence-corrected chi connectivity index (χ3v) is 19.7. The van der Waals surface area contributed by atoms with Crippen LogP contribution in [0.5, 0.6) is 5.75 Å². The van der Waals surface area contributed by atoms with Crippen LogP contribution in [0.15, 0.2) is 90.5 Å². The van der Waals surface area contributed by atoms with Crippen molar-refractivity contribution in [2.75, 3.05) is 107 Å². The number of anilines is 4. The van der Waals surface area contributed by atoms with Crippen molar-refractivity contribution in [3.05, 3.63) is 120 Å². The number of carbonyl (C=O) groups excluding carboxylic acids is 3. The van der Waals surface area contributed by atoms with E-state index in [2.05, 4.69) is 75.8 Å². The summed E-state index contributed by atoms with van der Waals surface area (Å²) in [6.45, 7) is 25.4. The molecule has 0 unspecified atom stereocenters. The third-order valence-electron chi connectivity index (χ3n) is 17.2. The highest BCUT2D eigenvalue weighted by Gasteiger charge is 2.44. The molecule has 0 aliphatic carbocycles. The number of sulfone groups is 1. The largest absolute Gasteiger partial charge is 0.491 e. The molecule has 2 N–H and O–H groups in total. The van der Waals surface area contributed by atoms with Gasteiger partial charge in [0.15, 0.2) is 15.7 Å². The minimum absolute atomic E-state index is 0.00388. The zero-order valence-corrected chi connectivity index (χ0v) is 53.1. The summed E-state index contributed by atoms with van der Waals surface area (Å²) in [6.07, 6.45) is 6.52. The van der Waals surface area contributed by atoms with Gasteiger partial charge in [-0.1, -0.05) is 26.0 Å². The minimum Gasteiger partial charge on any atom is -0.491 e. The summed E-state index contributed by atoms with van der Waals surface area (Å²) in [6, 6.07) is 15.3. The number of aromatic nitrogens is 7. The second-order valence-electron chi connectivity index (χ2n) is 26.5. The van der Waals surface area contributed by atoms with Crippen molar-refractivity contribution >= 4 is 72.8 Å². The van der Waals surface area contributed by atoms with Crippen LogP contribution in [0.2, 0.25) is 0 Å². The number of aromatic amines is 1. The molecule has 4 aliphatic heterocycles. The highest BCUT2D eigenvalue weighted by Crippen LogP contribution is 2.41. The Morgan fingerprint density at radius 2 is 1.49 bits per heavy atom. The minimum atomic E-state index is -3.94. The molecular formula is C64H79F2N15O7S. The lowest BCUT2D eigenvalue weighted by atomic mass is 9.91. The first-order valence-electron chi connectivity index (χ1n) is 30.4. The number of hydrogen-bond donors (Lipinski definition) is 2. The van der Waals surface area contributed by atoms with Gasteiger partial charge in [-0.3, -0.25) is 34.4 Å². The maximum atomic E-state index is 14.7. The van der Waals surface area contributed by atoms with Gasteiger partial charge in [0.1, 0.15) is 46.6 Å². The fraction of sp³-hybridized carbons (Fsp3) is 0.484. The molecule has 472 valence electrons. The normalized spacial score (nSPS) is 19.7. The van der Waals surface area contributed by atoms with E-state index in [1.165, 1.54) is 36.7 Å². The summed E-state index contributed by atoms with van der Waals surface area (Å²) in [4.78, 5) is 79.9. The van der Waals surface area contributed by atoms with Crippen molar-refractivity contribution < 1.29 is 41.1 Å².